The van der Waals surface area contributed by atoms with Crippen molar-refractivity contribution in [2.75, 3.05) is 27.3 Å². The number of ether oxygens (including phenoxy) is 2. The zero-order valence-corrected chi connectivity index (χ0v) is 21.8. The van der Waals surface area contributed by atoms with Crippen molar-refractivity contribution in [2.24, 2.45) is 4.99 Å². The number of aromatic nitrogens is 1. The molecule has 1 aliphatic rings. The van der Waals surface area contributed by atoms with Crippen molar-refractivity contribution in [1.82, 2.24) is 15.6 Å². The number of nitrogens with one attached hydrogen (secondary N) is 2. The van der Waals surface area contributed by atoms with Crippen LogP contribution in [-0.2, 0) is 10.2 Å². The van der Waals surface area contributed by atoms with Crippen molar-refractivity contribution in [1.29, 1.82) is 0 Å². The Kier molecular flexibility index (Phi) is 9.11. The first-order valence-electron chi connectivity index (χ1n) is 10.2. The van der Waals surface area contributed by atoms with Gasteiger partial charge in [0.1, 0.15) is 15.6 Å². The molecule has 2 N–H and O–H groups in total. The van der Waals surface area contributed by atoms with Gasteiger partial charge in [0.2, 0.25) is 0 Å². The standard InChI is InChI=1S/C22H30N4O3S.HI/c1-6-29-20(27)18-14(2)25-19(30-18)15(3)26-21(23-4)24-13-22(11-12-22)16-9-7-8-10-17(16)28-5;/h7-10,15H,6,11-13H2,1-5H3,(H2,23,24,26);1H. The molecule has 3 rings (SSSR count). The van der Waals surface area contributed by atoms with E-state index in [9.17, 15) is 4.79 Å². The number of guanidine groups is 1. The number of carbonyl (C=O) groups excluding carboxylic acids is 1. The molecule has 1 aromatic carbocycles. The van der Waals surface area contributed by atoms with E-state index in [4.69, 9.17) is 9.47 Å². The number of esters is 1. The van der Waals surface area contributed by atoms with Gasteiger partial charge in [-0.05, 0) is 39.7 Å². The number of benzene rings is 1. The summed E-state index contributed by atoms with van der Waals surface area (Å²) >= 11 is 1.36. The number of para-hydroxylation sites is 1. The molecule has 9 heteroatoms. The highest BCUT2D eigenvalue weighted by Crippen LogP contribution is 2.50. The second-order valence-electron chi connectivity index (χ2n) is 7.46. The van der Waals surface area contributed by atoms with Gasteiger partial charge in [0.15, 0.2) is 5.96 Å². The van der Waals surface area contributed by atoms with Crippen molar-refractivity contribution >= 4 is 47.2 Å². The van der Waals surface area contributed by atoms with E-state index in [1.54, 1.807) is 21.1 Å². The highest BCUT2D eigenvalue weighted by molar-refractivity contribution is 14.0. The van der Waals surface area contributed by atoms with E-state index in [0.717, 1.165) is 30.1 Å². The van der Waals surface area contributed by atoms with Crippen LogP contribution in [0.3, 0.4) is 0 Å². The van der Waals surface area contributed by atoms with Gasteiger partial charge in [0.25, 0.3) is 0 Å². The van der Waals surface area contributed by atoms with Crippen LogP contribution in [0.4, 0.5) is 0 Å². The second-order valence-corrected chi connectivity index (χ2v) is 8.49. The number of aryl methyl sites for hydroxylation is 1. The molecule has 2 aromatic rings. The minimum absolute atomic E-state index is 0. The fraction of sp³-hybridized carbons (Fsp3) is 0.500. The Morgan fingerprint density at radius 2 is 2.06 bits per heavy atom. The molecular formula is C22H31IN4O3S. The summed E-state index contributed by atoms with van der Waals surface area (Å²) in [4.78, 5) is 21.5. The molecule has 1 fully saturated rings. The zero-order valence-electron chi connectivity index (χ0n) is 18.7. The van der Waals surface area contributed by atoms with E-state index < -0.39 is 0 Å². The third kappa shape index (κ3) is 5.88. The molecule has 31 heavy (non-hydrogen) atoms. The zero-order chi connectivity index (χ0) is 21.7. The Morgan fingerprint density at radius 1 is 1.35 bits per heavy atom. The van der Waals surface area contributed by atoms with Gasteiger partial charge in [0, 0.05) is 24.6 Å². The fourth-order valence-electron chi connectivity index (χ4n) is 3.48. The number of rotatable bonds is 8. The first-order valence-corrected chi connectivity index (χ1v) is 11.0. The summed E-state index contributed by atoms with van der Waals surface area (Å²) in [5, 5.41) is 7.66. The molecular weight excluding hydrogens is 527 g/mol. The smallest absolute Gasteiger partial charge is 0.350 e. The van der Waals surface area contributed by atoms with Gasteiger partial charge in [-0.2, -0.15) is 0 Å². The van der Waals surface area contributed by atoms with Gasteiger partial charge < -0.3 is 20.1 Å². The summed E-state index contributed by atoms with van der Waals surface area (Å²) in [6.07, 6.45) is 2.23. The van der Waals surface area contributed by atoms with Crippen molar-refractivity contribution < 1.29 is 14.3 Å². The Bertz CT molecular complexity index is 927. The molecule has 1 heterocycles. The lowest BCUT2D eigenvalue weighted by Crippen LogP contribution is -2.42. The molecule has 0 saturated heterocycles. The first kappa shape index (κ1) is 25.4. The highest BCUT2D eigenvalue weighted by atomic mass is 127. The summed E-state index contributed by atoms with van der Waals surface area (Å²) in [6.45, 7) is 6.75. The van der Waals surface area contributed by atoms with Crippen molar-refractivity contribution in [3.8, 4) is 5.75 Å². The maximum atomic E-state index is 12.1. The average Bonchev–Trinajstić information content (AvgIpc) is 3.44. The molecule has 0 spiro atoms. The molecule has 0 radical (unpaired) electrons. The van der Waals surface area contributed by atoms with E-state index in [-0.39, 0.29) is 41.4 Å². The topological polar surface area (TPSA) is 84.8 Å². The third-order valence-corrected chi connectivity index (χ3v) is 6.67. The summed E-state index contributed by atoms with van der Waals surface area (Å²) in [6, 6.07) is 8.11. The predicted molar refractivity (Wildman–Crippen MR) is 135 cm³/mol. The van der Waals surface area contributed by atoms with Crippen LogP contribution >= 0.6 is 35.3 Å². The Balaban J connectivity index is 0.00000341. The third-order valence-electron chi connectivity index (χ3n) is 5.35. The largest absolute Gasteiger partial charge is 0.496 e. The normalized spacial score (nSPS) is 15.5. The maximum absolute atomic E-state index is 12.1. The summed E-state index contributed by atoms with van der Waals surface area (Å²) in [5.41, 5.74) is 2.00. The van der Waals surface area contributed by atoms with Gasteiger partial charge >= 0.3 is 5.97 Å². The van der Waals surface area contributed by atoms with Crippen molar-refractivity contribution in [3.05, 3.63) is 45.4 Å². The Morgan fingerprint density at radius 3 is 2.68 bits per heavy atom. The number of hydrogen-bond acceptors (Lipinski definition) is 6. The lowest BCUT2D eigenvalue weighted by atomic mass is 9.95. The fourth-order valence-corrected chi connectivity index (χ4v) is 4.44. The minimum Gasteiger partial charge on any atom is -0.496 e. The SMILES string of the molecule is CCOC(=O)c1sc(C(C)NC(=NC)NCC2(c3ccccc3OC)CC2)nc1C.I. The van der Waals surface area contributed by atoms with Crippen molar-refractivity contribution in [2.45, 2.75) is 45.1 Å². The first-order chi connectivity index (χ1) is 14.4. The van der Waals surface area contributed by atoms with Crippen LogP contribution in [-0.4, -0.2) is 44.2 Å². The van der Waals surface area contributed by atoms with E-state index in [1.165, 1.54) is 16.9 Å². The molecule has 1 aliphatic carbocycles. The lowest BCUT2D eigenvalue weighted by Gasteiger charge is -2.22. The number of aliphatic imine (C=N–C) groups is 1. The number of nitrogens with zero attached hydrogens (tertiary/aromatic N) is 2. The van der Waals surface area contributed by atoms with Gasteiger partial charge in [-0.3, -0.25) is 4.99 Å². The Hall–Kier alpha value is -1.88. The van der Waals surface area contributed by atoms with Crippen LogP contribution in [0, 0.1) is 6.92 Å². The monoisotopic (exact) mass is 558 g/mol. The van der Waals surface area contributed by atoms with Gasteiger partial charge in [-0.1, -0.05) is 18.2 Å². The van der Waals surface area contributed by atoms with Crippen LogP contribution in [0.25, 0.3) is 0 Å². The maximum Gasteiger partial charge on any atom is 0.350 e. The van der Waals surface area contributed by atoms with Crippen LogP contribution in [0.1, 0.15) is 58.7 Å². The Labute approximate surface area is 205 Å². The number of carbonyl (C=O) groups is 1. The van der Waals surface area contributed by atoms with E-state index in [0.29, 0.717) is 23.1 Å². The van der Waals surface area contributed by atoms with E-state index in [1.807, 2.05) is 26.0 Å². The van der Waals surface area contributed by atoms with E-state index >= 15 is 0 Å². The second kappa shape index (κ2) is 11.1. The van der Waals surface area contributed by atoms with Gasteiger partial charge in [0.05, 0.1) is 25.5 Å². The highest BCUT2D eigenvalue weighted by Gasteiger charge is 2.46. The van der Waals surface area contributed by atoms with Crippen molar-refractivity contribution in [3.63, 3.8) is 0 Å². The number of halogens is 1. The summed E-state index contributed by atoms with van der Waals surface area (Å²) in [5.74, 6) is 1.31. The molecule has 0 bridgehead atoms. The molecule has 170 valence electrons. The molecule has 1 saturated carbocycles. The number of methoxy groups -OCH3 is 1. The van der Waals surface area contributed by atoms with Gasteiger partial charge in [-0.15, -0.1) is 35.3 Å². The van der Waals surface area contributed by atoms with Gasteiger partial charge in [-0.25, -0.2) is 9.78 Å². The van der Waals surface area contributed by atoms with E-state index in [2.05, 4.69) is 32.7 Å². The predicted octanol–water partition coefficient (Wildman–Crippen LogP) is 4.21. The molecule has 1 atom stereocenters. The molecule has 1 unspecified atom stereocenters. The molecule has 7 nitrogen and oxygen atoms in total. The van der Waals surface area contributed by atoms with Crippen LogP contribution in [0.5, 0.6) is 5.75 Å². The quantitative estimate of drug-likeness (QED) is 0.219. The molecule has 0 aliphatic heterocycles. The molecule has 0 amide bonds. The van der Waals surface area contributed by atoms with Crippen LogP contribution < -0.4 is 15.4 Å². The van der Waals surface area contributed by atoms with Crippen LogP contribution in [0.2, 0.25) is 0 Å². The number of thiazole rings is 1. The summed E-state index contributed by atoms with van der Waals surface area (Å²) < 4.78 is 10.7. The number of hydrogen-bond donors (Lipinski definition) is 2. The van der Waals surface area contributed by atoms with Crippen LogP contribution in [0.15, 0.2) is 29.3 Å². The minimum atomic E-state index is -0.319. The molecule has 1 aromatic heterocycles. The lowest BCUT2D eigenvalue weighted by molar-refractivity contribution is 0.0531. The average molecular weight is 558 g/mol. The summed E-state index contributed by atoms with van der Waals surface area (Å²) in [7, 11) is 3.47.